The third-order valence-corrected chi connectivity index (χ3v) is 4.31. The van der Waals surface area contributed by atoms with Crippen LogP contribution >= 0.6 is 15.9 Å². The second-order valence-electron chi connectivity index (χ2n) is 5.20. The van der Waals surface area contributed by atoms with Crippen LogP contribution in [0.15, 0.2) is 40.9 Å². The number of fused-ring (bicyclic) bond motifs is 1. The molecule has 0 fully saturated rings. The van der Waals surface area contributed by atoms with Crippen LogP contribution in [0.4, 0.5) is 5.69 Å². The molecule has 0 aromatic heterocycles. The maximum atomic E-state index is 5.64. The second-order valence-corrected chi connectivity index (χ2v) is 6.05. The molecule has 21 heavy (non-hydrogen) atoms. The van der Waals surface area contributed by atoms with Gasteiger partial charge in [0.15, 0.2) is 11.5 Å². The van der Waals surface area contributed by atoms with E-state index in [1.807, 2.05) is 12.1 Å². The monoisotopic (exact) mass is 347 g/mol. The third-order valence-electron chi connectivity index (χ3n) is 3.66. The summed E-state index contributed by atoms with van der Waals surface area (Å²) in [6.07, 6.45) is 0. The highest BCUT2D eigenvalue weighted by Crippen LogP contribution is 2.39. The minimum absolute atomic E-state index is 0.213. The summed E-state index contributed by atoms with van der Waals surface area (Å²) in [5.41, 5.74) is 3.58. The molecule has 3 nitrogen and oxygen atoms in total. The summed E-state index contributed by atoms with van der Waals surface area (Å²) in [4.78, 5) is 0. The molecule has 1 aliphatic rings. The lowest BCUT2D eigenvalue weighted by Gasteiger charge is -2.23. The molecule has 110 valence electrons. The molecule has 0 saturated heterocycles. The molecular formula is C17H18BrNO2. The maximum absolute atomic E-state index is 5.64. The summed E-state index contributed by atoms with van der Waals surface area (Å²) in [5, 5.41) is 3.53. The highest BCUT2D eigenvalue weighted by Gasteiger charge is 2.16. The molecule has 2 aromatic rings. The SMILES string of the molecule is Cc1ccccc1C(C)Nc1cc2c(cc1Br)OCCO2. The van der Waals surface area contributed by atoms with E-state index in [1.54, 1.807) is 0 Å². The van der Waals surface area contributed by atoms with Crippen LogP contribution in [0.5, 0.6) is 11.5 Å². The van der Waals surface area contributed by atoms with Crippen LogP contribution in [0, 0.1) is 6.92 Å². The van der Waals surface area contributed by atoms with Gasteiger partial charge in [-0.25, -0.2) is 0 Å². The average Bonchev–Trinajstić information content (AvgIpc) is 2.48. The van der Waals surface area contributed by atoms with E-state index < -0.39 is 0 Å². The van der Waals surface area contributed by atoms with Crippen LogP contribution < -0.4 is 14.8 Å². The first kappa shape index (κ1) is 14.3. The van der Waals surface area contributed by atoms with Gasteiger partial charge in [0.1, 0.15) is 13.2 Å². The highest BCUT2D eigenvalue weighted by molar-refractivity contribution is 9.10. The van der Waals surface area contributed by atoms with Crippen molar-refractivity contribution in [2.45, 2.75) is 19.9 Å². The van der Waals surface area contributed by atoms with Crippen LogP contribution in [-0.4, -0.2) is 13.2 Å². The van der Waals surface area contributed by atoms with E-state index in [4.69, 9.17) is 9.47 Å². The predicted molar refractivity (Wildman–Crippen MR) is 88.3 cm³/mol. The van der Waals surface area contributed by atoms with Gasteiger partial charge in [0.2, 0.25) is 0 Å². The largest absolute Gasteiger partial charge is 0.486 e. The molecule has 1 aliphatic heterocycles. The second kappa shape index (κ2) is 5.98. The summed E-state index contributed by atoms with van der Waals surface area (Å²) in [5.74, 6) is 1.59. The molecule has 0 amide bonds. The van der Waals surface area contributed by atoms with Crippen molar-refractivity contribution in [3.63, 3.8) is 0 Å². The topological polar surface area (TPSA) is 30.5 Å². The minimum atomic E-state index is 0.213. The molecule has 4 heteroatoms. The average molecular weight is 348 g/mol. The number of rotatable bonds is 3. The van der Waals surface area contributed by atoms with Crippen molar-refractivity contribution in [1.29, 1.82) is 0 Å². The van der Waals surface area contributed by atoms with Gasteiger partial charge in [0.05, 0.1) is 5.69 Å². The maximum Gasteiger partial charge on any atom is 0.163 e. The molecule has 2 aromatic carbocycles. The summed E-state index contributed by atoms with van der Waals surface area (Å²) in [6.45, 7) is 5.49. The number of anilines is 1. The smallest absolute Gasteiger partial charge is 0.163 e. The molecule has 1 unspecified atom stereocenters. The Morgan fingerprint density at radius 3 is 2.48 bits per heavy atom. The van der Waals surface area contributed by atoms with Crippen molar-refractivity contribution in [3.8, 4) is 11.5 Å². The van der Waals surface area contributed by atoms with E-state index in [1.165, 1.54) is 11.1 Å². The molecular weight excluding hydrogens is 330 g/mol. The fourth-order valence-corrected chi connectivity index (χ4v) is 3.00. The number of hydrogen-bond donors (Lipinski definition) is 1. The fraction of sp³-hybridized carbons (Fsp3) is 0.294. The number of aryl methyl sites for hydroxylation is 1. The van der Waals surface area contributed by atoms with E-state index in [9.17, 15) is 0 Å². The van der Waals surface area contributed by atoms with Crippen LogP contribution in [0.2, 0.25) is 0 Å². The van der Waals surface area contributed by atoms with Crippen molar-refractivity contribution in [2.75, 3.05) is 18.5 Å². The predicted octanol–water partition coefficient (Wildman–Crippen LogP) is 4.70. The molecule has 0 saturated carbocycles. The Labute approximate surface area is 133 Å². The van der Waals surface area contributed by atoms with Crippen LogP contribution in [0.25, 0.3) is 0 Å². The van der Waals surface area contributed by atoms with Gasteiger partial charge in [-0.3, -0.25) is 0 Å². The van der Waals surface area contributed by atoms with Crippen molar-refractivity contribution >= 4 is 21.6 Å². The van der Waals surface area contributed by atoms with Crippen molar-refractivity contribution in [3.05, 3.63) is 52.0 Å². The van der Waals surface area contributed by atoms with E-state index in [2.05, 4.69) is 59.4 Å². The summed E-state index contributed by atoms with van der Waals surface area (Å²) in [7, 11) is 0. The normalized spacial score (nSPS) is 14.6. The van der Waals surface area contributed by atoms with Gasteiger partial charge in [-0.1, -0.05) is 24.3 Å². The molecule has 0 bridgehead atoms. The van der Waals surface area contributed by atoms with Gasteiger partial charge in [-0.2, -0.15) is 0 Å². The highest BCUT2D eigenvalue weighted by atomic mass is 79.9. The van der Waals surface area contributed by atoms with Gasteiger partial charge >= 0.3 is 0 Å². The van der Waals surface area contributed by atoms with E-state index in [0.29, 0.717) is 13.2 Å². The molecule has 0 aliphatic carbocycles. The third kappa shape index (κ3) is 3.00. The zero-order valence-corrected chi connectivity index (χ0v) is 13.7. The molecule has 1 atom stereocenters. The van der Waals surface area contributed by atoms with Gasteiger partial charge in [0, 0.05) is 22.6 Å². The van der Waals surface area contributed by atoms with Crippen molar-refractivity contribution in [1.82, 2.24) is 0 Å². The Morgan fingerprint density at radius 1 is 1.10 bits per heavy atom. The molecule has 1 heterocycles. The Morgan fingerprint density at radius 2 is 1.76 bits per heavy atom. The number of hydrogen-bond acceptors (Lipinski definition) is 3. The lowest BCUT2D eigenvalue weighted by molar-refractivity contribution is 0.171. The molecule has 0 radical (unpaired) electrons. The first-order chi connectivity index (χ1) is 10.1. The first-order valence-corrected chi connectivity index (χ1v) is 7.85. The van der Waals surface area contributed by atoms with Gasteiger partial charge in [-0.05, 0) is 40.9 Å². The van der Waals surface area contributed by atoms with E-state index >= 15 is 0 Å². The summed E-state index contributed by atoms with van der Waals surface area (Å²) < 4.78 is 12.2. The van der Waals surface area contributed by atoms with Crippen molar-refractivity contribution in [2.24, 2.45) is 0 Å². The molecule has 1 N–H and O–H groups in total. The standard InChI is InChI=1S/C17H18BrNO2/c1-11-5-3-4-6-13(11)12(2)19-15-10-17-16(9-14(15)18)20-7-8-21-17/h3-6,9-10,12,19H,7-8H2,1-2H3. The number of ether oxygens (including phenoxy) is 2. The number of nitrogens with one attached hydrogen (secondary N) is 1. The number of benzene rings is 2. The summed E-state index contributed by atoms with van der Waals surface area (Å²) in [6, 6.07) is 12.6. The van der Waals surface area contributed by atoms with E-state index in [-0.39, 0.29) is 6.04 Å². The first-order valence-electron chi connectivity index (χ1n) is 7.06. The van der Waals surface area contributed by atoms with Gasteiger partial charge in [0.25, 0.3) is 0 Å². The molecule has 3 rings (SSSR count). The van der Waals surface area contributed by atoms with Crippen molar-refractivity contribution < 1.29 is 9.47 Å². The van der Waals surface area contributed by atoms with Crippen LogP contribution in [0.3, 0.4) is 0 Å². The zero-order valence-electron chi connectivity index (χ0n) is 12.2. The van der Waals surface area contributed by atoms with Gasteiger partial charge in [-0.15, -0.1) is 0 Å². The van der Waals surface area contributed by atoms with Crippen LogP contribution in [0.1, 0.15) is 24.1 Å². The quantitative estimate of drug-likeness (QED) is 0.872. The minimum Gasteiger partial charge on any atom is -0.486 e. The Kier molecular flexibility index (Phi) is 4.06. The van der Waals surface area contributed by atoms with Gasteiger partial charge < -0.3 is 14.8 Å². The van der Waals surface area contributed by atoms with E-state index in [0.717, 1.165) is 21.7 Å². The zero-order chi connectivity index (χ0) is 14.8. The number of halogens is 1. The fourth-order valence-electron chi connectivity index (χ4n) is 2.56. The lowest BCUT2D eigenvalue weighted by atomic mass is 10.0. The summed E-state index contributed by atoms with van der Waals surface area (Å²) >= 11 is 3.60. The Bertz CT molecular complexity index is 657. The Hall–Kier alpha value is -1.68. The van der Waals surface area contributed by atoms with Crippen LogP contribution in [-0.2, 0) is 0 Å². The molecule has 0 spiro atoms. The Balaban J connectivity index is 1.86. The lowest BCUT2D eigenvalue weighted by Crippen LogP contribution is -2.16.